The fourth-order valence-electron chi connectivity index (χ4n) is 1.31. The molecule has 0 aliphatic carbocycles. The van der Waals surface area contributed by atoms with E-state index in [1.807, 2.05) is 30.3 Å². The number of rotatable bonds is 1. The van der Waals surface area contributed by atoms with Crippen molar-refractivity contribution in [2.75, 3.05) is 0 Å². The topological polar surface area (TPSA) is 21.6 Å². The maximum Gasteiger partial charge on any atom is 0.143 e. The molecule has 2 radical (unpaired) electrons. The van der Waals surface area contributed by atoms with Crippen LogP contribution >= 0.6 is 0 Å². The van der Waals surface area contributed by atoms with E-state index in [0.717, 1.165) is 11.3 Å². The summed E-state index contributed by atoms with van der Waals surface area (Å²) in [5.74, 6) is 0. The number of hydrogen-bond acceptors (Lipinski definition) is 2. The monoisotopic (exact) mass is 173 g/mol. The fourth-order valence-corrected chi connectivity index (χ4v) is 1.31. The Morgan fingerprint density at radius 3 is 2.46 bits per heavy atom. The Labute approximate surface area is 78.2 Å². The second-order valence-corrected chi connectivity index (χ2v) is 3.36. The van der Waals surface area contributed by atoms with Gasteiger partial charge in [0, 0.05) is 6.42 Å². The molecule has 0 saturated carbocycles. The number of benzene rings is 1. The zero-order valence-electron chi connectivity index (χ0n) is 7.36. The maximum atomic E-state index is 5.07. The Morgan fingerprint density at radius 1 is 1.23 bits per heavy atom. The molecule has 1 heterocycles. The van der Waals surface area contributed by atoms with E-state index < -0.39 is 5.60 Å². The van der Waals surface area contributed by atoms with Gasteiger partial charge < -0.3 is 4.84 Å². The fraction of sp³-hybridized carbons (Fsp3) is 0.182. The first kappa shape index (κ1) is 8.30. The zero-order valence-corrected chi connectivity index (χ0v) is 7.36. The molecular formula is C11H11NO. The van der Waals surface area contributed by atoms with Crippen LogP contribution in [0.3, 0.4) is 0 Å². The standard InChI is InChI=1S/C11H11NO/c1-11(2)8-10(12-13-11)9-6-4-3-5-7-9/h3-7H,1-2,8H2. The van der Waals surface area contributed by atoms with Crippen molar-refractivity contribution in [2.24, 2.45) is 5.16 Å². The second-order valence-electron chi connectivity index (χ2n) is 3.36. The van der Waals surface area contributed by atoms with Crippen LogP contribution in [0.25, 0.3) is 0 Å². The maximum absolute atomic E-state index is 5.07. The highest BCUT2D eigenvalue weighted by molar-refractivity contribution is 6.01. The van der Waals surface area contributed by atoms with E-state index in [-0.39, 0.29) is 0 Å². The van der Waals surface area contributed by atoms with Crippen LogP contribution in [0.15, 0.2) is 35.5 Å². The molecule has 0 amide bonds. The normalized spacial score (nSPS) is 19.4. The Bertz CT molecular complexity index is 327. The van der Waals surface area contributed by atoms with Gasteiger partial charge in [0.2, 0.25) is 0 Å². The highest BCUT2D eigenvalue weighted by Crippen LogP contribution is 2.24. The summed E-state index contributed by atoms with van der Waals surface area (Å²) < 4.78 is 0. The van der Waals surface area contributed by atoms with Crippen LogP contribution in [0.5, 0.6) is 0 Å². The van der Waals surface area contributed by atoms with E-state index >= 15 is 0 Å². The van der Waals surface area contributed by atoms with Crippen LogP contribution in [0, 0.1) is 13.8 Å². The molecule has 13 heavy (non-hydrogen) atoms. The molecule has 0 atom stereocenters. The van der Waals surface area contributed by atoms with E-state index in [1.54, 1.807) is 0 Å². The quantitative estimate of drug-likeness (QED) is 0.638. The minimum Gasteiger partial charge on any atom is -0.389 e. The third kappa shape index (κ3) is 1.72. The van der Waals surface area contributed by atoms with Crippen molar-refractivity contribution in [1.82, 2.24) is 0 Å². The number of hydrogen-bond donors (Lipinski definition) is 0. The number of nitrogens with zero attached hydrogens (tertiary/aromatic N) is 1. The summed E-state index contributed by atoms with van der Waals surface area (Å²) in [5, 5.41) is 3.95. The molecule has 2 rings (SSSR count). The van der Waals surface area contributed by atoms with Gasteiger partial charge >= 0.3 is 0 Å². The molecule has 1 aliphatic rings. The lowest BCUT2D eigenvalue weighted by Crippen LogP contribution is -2.20. The summed E-state index contributed by atoms with van der Waals surface area (Å²) in [6.45, 7) is 7.59. The third-order valence-electron chi connectivity index (χ3n) is 1.95. The molecule has 2 nitrogen and oxygen atoms in total. The van der Waals surface area contributed by atoms with Gasteiger partial charge in [-0.3, -0.25) is 0 Å². The molecule has 66 valence electrons. The van der Waals surface area contributed by atoms with Crippen molar-refractivity contribution in [3.05, 3.63) is 49.7 Å². The third-order valence-corrected chi connectivity index (χ3v) is 1.95. The Morgan fingerprint density at radius 2 is 1.92 bits per heavy atom. The van der Waals surface area contributed by atoms with Gasteiger partial charge in [-0.25, -0.2) is 0 Å². The molecule has 0 saturated heterocycles. The summed E-state index contributed by atoms with van der Waals surface area (Å²) >= 11 is 0. The molecule has 1 aromatic rings. The van der Waals surface area contributed by atoms with E-state index in [2.05, 4.69) is 19.0 Å². The first-order valence-corrected chi connectivity index (χ1v) is 4.19. The van der Waals surface area contributed by atoms with Crippen molar-refractivity contribution < 1.29 is 4.84 Å². The summed E-state index contributed by atoms with van der Waals surface area (Å²) in [6.07, 6.45) is 0.664. The van der Waals surface area contributed by atoms with Crippen LogP contribution in [-0.2, 0) is 4.84 Å². The molecule has 1 aromatic carbocycles. The average molecular weight is 173 g/mol. The van der Waals surface area contributed by atoms with Gasteiger partial charge in [-0.1, -0.05) is 35.5 Å². The zero-order chi connectivity index (χ0) is 9.31. The lowest BCUT2D eigenvalue weighted by Gasteiger charge is -2.12. The van der Waals surface area contributed by atoms with Crippen molar-refractivity contribution in [1.29, 1.82) is 0 Å². The predicted octanol–water partition coefficient (Wildman–Crippen LogP) is 2.22. The van der Waals surface area contributed by atoms with E-state index in [0.29, 0.717) is 6.42 Å². The van der Waals surface area contributed by atoms with Gasteiger partial charge in [-0.2, -0.15) is 0 Å². The molecule has 0 aromatic heterocycles. The highest BCUT2D eigenvalue weighted by atomic mass is 16.7. The minimum atomic E-state index is -0.634. The van der Waals surface area contributed by atoms with Crippen LogP contribution in [-0.4, -0.2) is 11.3 Å². The molecule has 0 unspecified atom stereocenters. The van der Waals surface area contributed by atoms with Crippen molar-refractivity contribution in [3.63, 3.8) is 0 Å². The van der Waals surface area contributed by atoms with E-state index in [1.165, 1.54) is 0 Å². The average Bonchev–Trinajstić information content (AvgIpc) is 2.48. The van der Waals surface area contributed by atoms with E-state index in [9.17, 15) is 0 Å². The summed E-state index contributed by atoms with van der Waals surface area (Å²) in [7, 11) is 0. The predicted molar refractivity (Wildman–Crippen MR) is 52.1 cm³/mol. The Kier molecular flexibility index (Phi) is 1.83. The first-order valence-electron chi connectivity index (χ1n) is 4.19. The first-order chi connectivity index (χ1) is 6.17. The smallest absolute Gasteiger partial charge is 0.143 e. The van der Waals surface area contributed by atoms with Gasteiger partial charge in [-0.05, 0) is 19.4 Å². The van der Waals surface area contributed by atoms with Crippen LogP contribution < -0.4 is 0 Å². The van der Waals surface area contributed by atoms with Gasteiger partial charge in [0.25, 0.3) is 0 Å². The van der Waals surface area contributed by atoms with Gasteiger partial charge in [0.15, 0.2) is 0 Å². The molecule has 0 fully saturated rings. The molecule has 0 N–H and O–H groups in total. The van der Waals surface area contributed by atoms with Crippen LogP contribution in [0.4, 0.5) is 0 Å². The van der Waals surface area contributed by atoms with Crippen molar-refractivity contribution in [2.45, 2.75) is 12.0 Å². The number of oxime groups is 1. The van der Waals surface area contributed by atoms with E-state index in [4.69, 9.17) is 4.84 Å². The lowest BCUT2D eigenvalue weighted by molar-refractivity contribution is 0.0549. The van der Waals surface area contributed by atoms with Gasteiger partial charge in [0.05, 0.1) is 5.71 Å². The molecule has 1 aliphatic heterocycles. The van der Waals surface area contributed by atoms with Gasteiger partial charge in [-0.15, -0.1) is 0 Å². The van der Waals surface area contributed by atoms with Crippen LogP contribution in [0.1, 0.15) is 12.0 Å². The highest BCUT2D eigenvalue weighted by Gasteiger charge is 2.29. The minimum absolute atomic E-state index is 0.634. The summed E-state index contributed by atoms with van der Waals surface area (Å²) in [5.41, 5.74) is 1.37. The second kappa shape index (κ2) is 2.87. The molecule has 2 heteroatoms. The summed E-state index contributed by atoms with van der Waals surface area (Å²) in [4.78, 5) is 5.07. The molecule has 0 bridgehead atoms. The molecular weight excluding hydrogens is 162 g/mol. The molecule has 0 spiro atoms. The Balaban J connectivity index is 2.22. The van der Waals surface area contributed by atoms with Crippen LogP contribution in [0.2, 0.25) is 0 Å². The van der Waals surface area contributed by atoms with Gasteiger partial charge in [0.1, 0.15) is 5.60 Å². The van der Waals surface area contributed by atoms with Crippen molar-refractivity contribution in [3.8, 4) is 0 Å². The van der Waals surface area contributed by atoms with Crippen molar-refractivity contribution >= 4 is 5.71 Å². The lowest BCUT2D eigenvalue weighted by atomic mass is 9.98. The summed E-state index contributed by atoms with van der Waals surface area (Å²) in [6, 6.07) is 9.93. The largest absolute Gasteiger partial charge is 0.389 e. The Hall–Kier alpha value is -1.31. The SMILES string of the molecule is [CH2]C1([CH2])CC(c2ccccc2)=NO1.